The number of pyridine rings is 1. The fraction of sp³-hybridized carbons (Fsp3) is 0.143. The van der Waals surface area contributed by atoms with Gasteiger partial charge in [-0.2, -0.15) is 0 Å². The minimum Gasteiger partial charge on any atom is -0.493 e. The second kappa shape index (κ2) is 6.39. The van der Waals surface area contributed by atoms with E-state index < -0.39 is 0 Å². The van der Waals surface area contributed by atoms with Crippen molar-refractivity contribution in [1.29, 1.82) is 0 Å². The minimum absolute atomic E-state index is 0.414. The van der Waals surface area contributed by atoms with Crippen molar-refractivity contribution in [3.05, 3.63) is 53.9 Å². The molecule has 5 nitrogen and oxygen atoms in total. The van der Waals surface area contributed by atoms with Crippen molar-refractivity contribution in [2.24, 2.45) is 5.16 Å². The van der Waals surface area contributed by atoms with E-state index in [1.807, 2.05) is 12.1 Å². The first kappa shape index (κ1) is 12.9. The summed E-state index contributed by atoms with van der Waals surface area (Å²) in [6, 6.07) is 9.08. The summed E-state index contributed by atoms with van der Waals surface area (Å²) in [5.74, 6) is 1.21. The van der Waals surface area contributed by atoms with Crippen LogP contribution >= 0.6 is 0 Å². The van der Waals surface area contributed by atoms with Gasteiger partial charge in [-0.3, -0.25) is 4.98 Å². The number of aromatic nitrogens is 1. The lowest BCUT2D eigenvalue weighted by Gasteiger charge is -2.11. The maximum absolute atomic E-state index is 8.50. The summed E-state index contributed by atoms with van der Waals surface area (Å²) >= 11 is 0. The summed E-state index contributed by atoms with van der Waals surface area (Å²) in [7, 11) is 1.56. The normalized spacial score (nSPS) is 10.6. The van der Waals surface area contributed by atoms with Gasteiger partial charge in [0.15, 0.2) is 11.5 Å². The molecule has 0 aliphatic carbocycles. The number of rotatable bonds is 5. The molecular weight excluding hydrogens is 244 g/mol. The summed E-state index contributed by atoms with van der Waals surface area (Å²) in [4.78, 5) is 4.02. The summed E-state index contributed by atoms with van der Waals surface area (Å²) in [5, 5.41) is 11.5. The average molecular weight is 258 g/mol. The van der Waals surface area contributed by atoms with E-state index in [9.17, 15) is 0 Å². The molecule has 0 atom stereocenters. The van der Waals surface area contributed by atoms with Crippen LogP contribution in [0.2, 0.25) is 0 Å². The van der Waals surface area contributed by atoms with E-state index in [0.29, 0.717) is 18.1 Å². The highest BCUT2D eigenvalue weighted by Crippen LogP contribution is 2.28. The third-order valence-electron chi connectivity index (χ3n) is 2.51. The Balaban J connectivity index is 2.11. The molecule has 0 aliphatic heterocycles. The van der Waals surface area contributed by atoms with E-state index >= 15 is 0 Å². The molecule has 0 amide bonds. The average Bonchev–Trinajstić information content (AvgIpc) is 2.47. The van der Waals surface area contributed by atoms with Crippen molar-refractivity contribution in [2.45, 2.75) is 6.61 Å². The molecule has 1 heterocycles. The molecule has 98 valence electrons. The Labute approximate surface area is 111 Å². The molecule has 0 aliphatic rings. The lowest BCUT2D eigenvalue weighted by molar-refractivity contribution is 0.284. The van der Waals surface area contributed by atoms with Crippen molar-refractivity contribution in [2.75, 3.05) is 7.11 Å². The van der Waals surface area contributed by atoms with E-state index in [1.165, 1.54) is 6.21 Å². The van der Waals surface area contributed by atoms with E-state index in [1.54, 1.807) is 37.7 Å². The lowest BCUT2D eigenvalue weighted by Crippen LogP contribution is -1.98. The number of nitrogens with zero attached hydrogens (tertiary/aromatic N) is 2. The highest BCUT2D eigenvalue weighted by Gasteiger charge is 2.05. The van der Waals surface area contributed by atoms with E-state index in [-0.39, 0.29) is 0 Å². The Morgan fingerprint density at radius 2 is 2.21 bits per heavy atom. The lowest BCUT2D eigenvalue weighted by atomic mass is 10.2. The monoisotopic (exact) mass is 258 g/mol. The number of hydrogen-bond acceptors (Lipinski definition) is 5. The molecule has 2 aromatic rings. The Morgan fingerprint density at radius 3 is 2.89 bits per heavy atom. The van der Waals surface area contributed by atoms with Crippen LogP contribution in [0.1, 0.15) is 11.1 Å². The summed E-state index contributed by atoms with van der Waals surface area (Å²) in [5.41, 5.74) is 1.71. The summed E-state index contributed by atoms with van der Waals surface area (Å²) in [6.07, 6.45) is 4.79. The first-order chi connectivity index (χ1) is 9.33. The number of ether oxygens (including phenoxy) is 2. The molecule has 0 spiro atoms. The molecule has 0 radical (unpaired) electrons. The van der Waals surface area contributed by atoms with Crippen molar-refractivity contribution in [3.63, 3.8) is 0 Å². The second-order valence-corrected chi connectivity index (χ2v) is 3.80. The van der Waals surface area contributed by atoms with Crippen LogP contribution in [0.4, 0.5) is 0 Å². The van der Waals surface area contributed by atoms with Gasteiger partial charge in [0.05, 0.1) is 13.3 Å². The first-order valence-corrected chi connectivity index (χ1v) is 5.70. The molecule has 1 aromatic carbocycles. The van der Waals surface area contributed by atoms with Gasteiger partial charge in [-0.15, -0.1) is 0 Å². The van der Waals surface area contributed by atoms with Crippen LogP contribution in [0.5, 0.6) is 11.5 Å². The third-order valence-corrected chi connectivity index (χ3v) is 2.51. The largest absolute Gasteiger partial charge is 0.493 e. The number of benzene rings is 1. The second-order valence-electron chi connectivity index (χ2n) is 3.80. The Bertz CT molecular complexity index is 556. The van der Waals surface area contributed by atoms with Crippen molar-refractivity contribution in [1.82, 2.24) is 4.98 Å². The van der Waals surface area contributed by atoms with Gasteiger partial charge < -0.3 is 14.7 Å². The maximum Gasteiger partial charge on any atom is 0.161 e. The minimum atomic E-state index is 0.414. The standard InChI is InChI=1S/C14H14N2O3/c1-18-14-7-11(9-16-17)4-5-13(14)19-10-12-3-2-6-15-8-12/h2-9,17H,10H2,1H3/b16-9-. The van der Waals surface area contributed by atoms with E-state index in [2.05, 4.69) is 10.1 Å². The molecule has 0 fully saturated rings. The van der Waals surface area contributed by atoms with Crippen LogP contribution < -0.4 is 9.47 Å². The number of hydrogen-bond donors (Lipinski definition) is 1. The molecule has 0 saturated heterocycles. The van der Waals surface area contributed by atoms with E-state index in [4.69, 9.17) is 14.7 Å². The summed E-state index contributed by atoms with van der Waals surface area (Å²) < 4.78 is 10.9. The van der Waals surface area contributed by atoms with Gasteiger partial charge in [-0.1, -0.05) is 11.2 Å². The molecular formula is C14H14N2O3. The van der Waals surface area contributed by atoms with Gasteiger partial charge in [0.25, 0.3) is 0 Å². The molecule has 5 heteroatoms. The first-order valence-electron chi connectivity index (χ1n) is 5.70. The number of oxime groups is 1. The zero-order valence-corrected chi connectivity index (χ0v) is 10.5. The SMILES string of the molecule is COc1cc(/C=N\O)ccc1OCc1cccnc1. The van der Waals surface area contributed by atoms with Crippen LogP contribution in [0.25, 0.3) is 0 Å². The van der Waals surface area contributed by atoms with Gasteiger partial charge in [-0.05, 0) is 24.3 Å². The van der Waals surface area contributed by atoms with Crippen molar-refractivity contribution < 1.29 is 14.7 Å². The fourth-order valence-corrected chi connectivity index (χ4v) is 1.59. The predicted molar refractivity (Wildman–Crippen MR) is 70.9 cm³/mol. The van der Waals surface area contributed by atoms with Crippen molar-refractivity contribution in [3.8, 4) is 11.5 Å². The third kappa shape index (κ3) is 3.45. The van der Waals surface area contributed by atoms with Crippen LogP contribution in [-0.2, 0) is 6.61 Å². The molecule has 1 aromatic heterocycles. The van der Waals surface area contributed by atoms with Gasteiger partial charge >= 0.3 is 0 Å². The molecule has 1 N–H and O–H groups in total. The van der Waals surface area contributed by atoms with Gasteiger partial charge in [-0.25, -0.2) is 0 Å². The molecule has 0 saturated carbocycles. The molecule has 19 heavy (non-hydrogen) atoms. The summed E-state index contributed by atoms with van der Waals surface area (Å²) in [6.45, 7) is 0.414. The molecule has 0 bridgehead atoms. The van der Waals surface area contributed by atoms with Crippen LogP contribution in [-0.4, -0.2) is 23.5 Å². The molecule has 2 rings (SSSR count). The topological polar surface area (TPSA) is 63.9 Å². The highest BCUT2D eigenvalue weighted by molar-refractivity contribution is 5.80. The van der Waals surface area contributed by atoms with Gasteiger partial charge in [0.2, 0.25) is 0 Å². The van der Waals surface area contributed by atoms with Gasteiger partial charge in [0, 0.05) is 23.5 Å². The molecule has 0 unspecified atom stereocenters. The Hall–Kier alpha value is -2.56. The maximum atomic E-state index is 8.50. The smallest absolute Gasteiger partial charge is 0.161 e. The van der Waals surface area contributed by atoms with Crippen LogP contribution in [0, 0.1) is 0 Å². The van der Waals surface area contributed by atoms with E-state index in [0.717, 1.165) is 11.1 Å². The predicted octanol–water partition coefficient (Wildman–Crippen LogP) is 2.48. The Morgan fingerprint density at radius 1 is 1.32 bits per heavy atom. The van der Waals surface area contributed by atoms with Crippen LogP contribution in [0.3, 0.4) is 0 Å². The zero-order valence-electron chi connectivity index (χ0n) is 10.5. The van der Waals surface area contributed by atoms with Crippen molar-refractivity contribution >= 4 is 6.21 Å². The fourth-order valence-electron chi connectivity index (χ4n) is 1.59. The quantitative estimate of drug-likeness (QED) is 0.508. The highest BCUT2D eigenvalue weighted by atomic mass is 16.5. The Kier molecular flexibility index (Phi) is 4.34. The van der Waals surface area contributed by atoms with Crippen LogP contribution in [0.15, 0.2) is 47.9 Å². The number of methoxy groups -OCH3 is 1. The van der Waals surface area contributed by atoms with Gasteiger partial charge in [0.1, 0.15) is 6.61 Å². The zero-order chi connectivity index (χ0) is 13.5.